The molecule has 1 aliphatic heterocycles. The number of benzene rings is 1. The largest absolute Gasteiger partial charge is 0.496 e. The fourth-order valence-electron chi connectivity index (χ4n) is 2.64. The summed E-state index contributed by atoms with van der Waals surface area (Å²) < 4.78 is 11.2. The summed E-state index contributed by atoms with van der Waals surface area (Å²) in [5, 5.41) is 11.2. The van der Waals surface area contributed by atoms with Crippen molar-refractivity contribution in [1.82, 2.24) is 10.2 Å². The highest BCUT2D eigenvalue weighted by atomic mass is 16.5. The molecule has 0 spiro atoms. The second kappa shape index (κ2) is 9.12. The van der Waals surface area contributed by atoms with Gasteiger partial charge in [-0.2, -0.15) is 0 Å². The maximum absolute atomic E-state index is 11.9. The van der Waals surface area contributed by atoms with Crippen LogP contribution < -0.4 is 10.1 Å². The van der Waals surface area contributed by atoms with E-state index in [1.807, 2.05) is 24.3 Å². The average Bonchev–Trinajstić information content (AvgIpc) is 2.60. The number of carbonyl (C=O) groups is 2. The van der Waals surface area contributed by atoms with Crippen molar-refractivity contribution in [2.24, 2.45) is 0 Å². The average molecular weight is 336 g/mol. The van der Waals surface area contributed by atoms with Crippen LogP contribution in [0.5, 0.6) is 5.75 Å². The Morgan fingerprint density at radius 1 is 1.29 bits per heavy atom. The van der Waals surface area contributed by atoms with Gasteiger partial charge < -0.3 is 24.8 Å². The lowest BCUT2D eigenvalue weighted by Crippen LogP contribution is -2.46. The summed E-state index contributed by atoms with van der Waals surface area (Å²) in [5.74, 6) is -0.105. The van der Waals surface area contributed by atoms with Gasteiger partial charge in [0.2, 0.25) is 0 Å². The molecular weight excluding hydrogens is 312 g/mol. The van der Waals surface area contributed by atoms with E-state index in [0.29, 0.717) is 19.7 Å². The molecule has 0 unspecified atom stereocenters. The zero-order chi connectivity index (χ0) is 17.4. The van der Waals surface area contributed by atoms with Crippen LogP contribution in [0.25, 0.3) is 0 Å². The Hall–Kier alpha value is -2.28. The Bertz CT molecular complexity index is 556. The fraction of sp³-hybridized carbons (Fsp3) is 0.529. The number of hydrogen-bond acceptors (Lipinski definition) is 4. The summed E-state index contributed by atoms with van der Waals surface area (Å²) in [7, 11) is 1.64. The smallest absolute Gasteiger partial charge is 0.317 e. The Labute approximate surface area is 141 Å². The van der Waals surface area contributed by atoms with Gasteiger partial charge in [0.1, 0.15) is 5.75 Å². The highest BCUT2D eigenvalue weighted by Gasteiger charge is 2.23. The van der Waals surface area contributed by atoms with Gasteiger partial charge >= 0.3 is 12.0 Å². The number of urea groups is 1. The van der Waals surface area contributed by atoms with E-state index in [0.717, 1.165) is 24.2 Å². The number of carboxylic acids is 1. The van der Waals surface area contributed by atoms with E-state index >= 15 is 0 Å². The van der Waals surface area contributed by atoms with E-state index < -0.39 is 5.97 Å². The molecule has 0 aromatic heterocycles. The number of carboxylic acid groups (broad SMARTS) is 1. The van der Waals surface area contributed by atoms with Crippen LogP contribution in [0.4, 0.5) is 4.79 Å². The van der Waals surface area contributed by atoms with Gasteiger partial charge in [0.05, 0.1) is 26.2 Å². The molecule has 1 saturated heterocycles. The Balaban J connectivity index is 1.71. The van der Waals surface area contributed by atoms with Crippen LogP contribution in [0, 0.1) is 0 Å². The second-order valence-electron chi connectivity index (χ2n) is 5.68. The number of nitrogens with zero attached hydrogens (tertiary/aromatic N) is 1. The number of methoxy groups -OCH3 is 1. The molecule has 2 rings (SSSR count). The molecular formula is C17H24N2O5. The molecule has 7 nitrogen and oxygen atoms in total. The summed E-state index contributed by atoms with van der Waals surface area (Å²) in [6.07, 6.45) is 1.57. The third kappa shape index (κ3) is 5.42. The number of ether oxygens (including phenoxy) is 2. The van der Waals surface area contributed by atoms with Crippen LogP contribution in [0.2, 0.25) is 0 Å². The standard InChI is InChI=1S/C17H24N2O5/c1-23-15-5-3-2-4-13(15)12-24-14-7-10-19(11-8-14)17(22)18-9-6-16(20)21/h2-5,14H,6-12H2,1H3,(H,18,22)(H,20,21). The number of amides is 2. The summed E-state index contributed by atoms with van der Waals surface area (Å²) in [4.78, 5) is 24.1. The number of rotatable bonds is 7. The Morgan fingerprint density at radius 2 is 2.00 bits per heavy atom. The molecule has 2 amide bonds. The molecule has 132 valence electrons. The molecule has 0 aliphatic carbocycles. The van der Waals surface area contributed by atoms with Crippen LogP contribution in [0.3, 0.4) is 0 Å². The SMILES string of the molecule is COc1ccccc1COC1CCN(C(=O)NCCC(=O)O)CC1. The van der Waals surface area contributed by atoms with Gasteiger partial charge in [0, 0.05) is 25.2 Å². The van der Waals surface area contributed by atoms with Crippen LogP contribution in [-0.2, 0) is 16.1 Å². The van der Waals surface area contributed by atoms with E-state index in [-0.39, 0.29) is 25.1 Å². The summed E-state index contributed by atoms with van der Waals surface area (Å²) in [5.41, 5.74) is 1.01. The number of hydrogen-bond donors (Lipinski definition) is 2. The van der Waals surface area contributed by atoms with Crippen LogP contribution in [0.1, 0.15) is 24.8 Å². The topological polar surface area (TPSA) is 88.1 Å². The first-order valence-corrected chi connectivity index (χ1v) is 8.08. The van der Waals surface area contributed by atoms with E-state index in [4.69, 9.17) is 14.6 Å². The van der Waals surface area contributed by atoms with Gasteiger partial charge in [-0.1, -0.05) is 18.2 Å². The number of carbonyl (C=O) groups excluding carboxylic acids is 1. The highest BCUT2D eigenvalue weighted by molar-refractivity contribution is 5.75. The number of aliphatic carboxylic acids is 1. The first kappa shape index (κ1) is 18.1. The third-order valence-electron chi connectivity index (χ3n) is 4.01. The van der Waals surface area contributed by atoms with Crippen molar-refractivity contribution in [3.63, 3.8) is 0 Å². The fourth-order valence-corrected chi connectivity index (χ4v) is 2.64. The van der Waals surface area contributed by atoms with Crippen molar-refractivity contribution in [2.75, 3.05) is 26.7 Å². The summed E-state index contributed by atoms with van der Waals surface area (Å²) in [6.45, 7) is 1.85. The van der Waals surface area contributed by atoms with Gasteiger partial charge in [-0.15, -0.1) is 0 Å². The van der Waals surface area contributed by atoms with Gasteiger partial charge in [0.15, 0.2) is 0 Å². The lowest BCUT2D eigenvalue weighted by atomic mass is 10.1. The first-order valence-electron chi connectivity index (χ1n) is 8.08. The summed E-state index contributed by atoms with van der Waals surface area (Å²) in [6, 6.07) is 7.54. The zero-order valence-electron chi connectivity index (χ0n) is 13.9. The molecule has 0 radical (unpaired) electrons. The maximum Gasteiger partial charge on any atom is 0.317 e. The van der Waals surface area contributed by atoms with E-state index in [1.54, 1.807) is 12.0 Å². The summed E-state index contributed by atoms with van der Waals surface area (Å²) >= 11 is 0. The highest BCUT2D eigenvalue weighted by Crippen LogP contribution is 2.21. The zero-order valence-corrected chi connectivity index (χ0v) is 13.9. The maximum atomic E-state index is 11.9. The molecule has 0 atom stereocenters. The van der Waals surface area contributed by atoms with Crippen molar-refractivity contribution < 1.29 is 24.2 Å². The number of para-hydroxylation sites is 1. The molecule has 24 heavy (non-hydrogen) atoms. The molecule has 1 aliphatic rings. The van der Waals surface area contributed by atoms with Crippen molar-refractivity contribution >= 4 is 12.0 Å². The molecule has 2 N–H and O–H groups in total. The van der Waals surface area contributed by atoms with Crippen molar-refractivity contribution in [3.8, 4) is 5.75 Å². The monoisotopic (exact) mass is 336 g/mol. The molecule has 1 heterocycles. The quantitative estimate of drug-likeness (QED) is 0.793. The molecule has 7 heteroatoms. The predicted molar refractivity (Wildman–Crippen MR) is 88.0 cm³/mol. The molecule has 1 fully saturated rings. The van der Waals surface area contributed by atoms with Gasteiger partial charge in [-0.05, 0) is 18.9 Å². The van der Waals surface area contributed by atoms with Crippen molar-refractivity contribution in [1.29, 1.82) is 0 Å². The lowest BCUT2D eigenvalue weighted by Gasteiger charge is -2.32. The van der Waals surface area contributed by atoms with Crippen LogP contribution in [0.15, 0.2) is 24.3 Å². The molecule has 0 bridgehead atoms. The third-order valence-corrected chi connectivity index (χ3v) is 4.01. The number of nitrogens with one attached hydrogen (secondary N) is 1. The number of piperidine rings is 1. The lowest BCUT2D eigenvalue weighted by molar-refractivity contribution is -0.136. The minimum absolute atomic E-state index is 0.0653. The van der Waals surface area contributed by atoms with Gasteiger partial charge in [-0.25, -0.2) is 4.79 Å². The van der Waals surface area contributed by atoms with Crippen LogP contribution in [-0.4, -0.2) is 54.9 Å². The first-order chi connectivity index (χ1) is 11.6. The molecule has 1 aromatic carbocycles. The second-order valence-corrected chi connectivity index (χ2v) is 5.68. The van der Waals surface area contributed by atoms with Gasteiger partial charge in [0.25, 0.3) is 0 Å². The van der Waals surface area contributed by atoms with E-state index in [9.17, 15) is 9.59 Å². The van der Waals surface area contributed by atoms with Crippen LogP contribution >= 0.6 is 0 Å². The number of likely N-dealkylation sites (tertiary alicyclic amines) is 1. The Morgan fingerprint density at radius 3 is 2.67 bits per heavy atom. The Kier molecular flexibility index (Phi) is 6.87. The van der Waals surface area contributed by atoms with Crippen molar-refractivity contribution in [2.45, 2.75) is 32.0 Å². The minimum Gasteiger partial charge on any atom is -0.496 e. The minimum atomic E-state index is -0.918. The molecule has 0 saturated carbocycles. The van der Waals surface area contributed by atoms with Gasteiger partial charge in [-0.3, -0.25) is 4.79 Å². The molecule has 1 aromatic rings. The van der Waals surface area contributed by atoms with E-state index in [2.05, 4.69) is 5.32 Å². The van der Waals surface area contributed by atoms with E-state index in [1.165, 1.54) is 0 Å². The normalized spacial score (nSPS) is 15.1. The van der Waals surface area contributed by atoms with Crippen molar-refractivity contribution in [3.05, 3.63) is 29.8 Å². The predicted octanol–water partition coefficient (Wildman–Crippen LogP) is 1.86.